The maximum atomic E-state index is 12.4. The molecule has 0 radical (unpaired) electrons. The number of methoxy groups -OCH3 is 2. The van der Waals surface area contributed by atoms with Gasteiger partial charge >= 0.3 is 0 Å². The molecule has 0 atom stereocenters. The van der Waals surface area contributed by atoms with Crippen molar-refractivity contribution in [2.75, 3.05) is 31.4 Å². The fraction of sp³-hybridized carbons (Fsp3) is 0.190. The average Bonchev–Trinajstić information content (AvgIpc) is 2.75. The molecular formula is C21H22N4O3. The first kappa shape index (κ1) is 19.2. The lowest BCUT2D eigenvalue weighted by Gasteiger charge is -2.10. The second kappa shape index (κ2) is 9.36. The molecule has 2 aromatic carbocycles. The minimum absolute atomic E-state index is 0.225. The Kier molecular flexibility index (Phi) is 6.41. The fourth-order valence-corrected chi connectivity index (χ4v) is 2.63. The Morgan fingerprint density at radius 3 is 2.43 bits per heavy atom. The van der Waals surface area contributed by atoms with E-state index in [1.54, 1.807) is 38.6 Å². The summed E-state index contributed by atoms with van der Waals surface area (Å²) < 4.78 is 10.4. The summed E-state index contributed by atoms with van der Waals surface area (Å²) in [6.45, 7) is 0.732. The van der Waals surface area contributed by atoms with Gasteiger partial charge in [0.25, 0.3) is 5.91 Å². The summed E-state index contributed by atoms with van der Waals surface area (Å²) in [5.74, 6) is 1.39. The van der Waals surface area contributed by atoms with Crippen LogP contribution in [0.3, 0.4) is 0 Å². The van der Waals surface area contributed by atoms with Gasteiger partial charge in [-0.1, -0.05) is 30.3 Å². The quantitative estimate of drug-likeness (QED) is 0.625. The second-order valence-corrected chi connectivity index (χ2v) is 5.97. The largest absolute Gasteiger partial charge is 0.493 e. The minimum Gasteiger partial charge on any atom is -0.493 e. The molecule has 144 valence electrons. The van der Waals surface area contributed by atoms with Crippen LogP contribution in [0.15, 0.2) is 60.9 Å². The molecule has 7 heteroatoms. The van der Waals surface area contributed by atoms with Gasteiger partial charge in [-0.3, -0.25) is 4.79 Å². The Balaban J connectivity index is 1.56. The van der Waals surface area contributed by atoms with Gasteiger partial charge in [0.1, 0.15) is 11.5 Å². The molecule has 3 rings (SSSR count). The Labute approximate surface area is 163 Å². The van der Waals surface area contributed by atoms with Crippen molar-refractivity contribution in [3.05, 3.63) is 72.2 Å². The van der Waals surface area contributed by atoms with E-state index in [0.29, 0.717) is 23.0 Å². The van der Waals surface area contributed by atoms with Gasteiger partial charge in [-0.2, -0.15) is 0 Å². The number of carbonyl (C=O) groups is 1. The zero-order valence-electron chi connectivity index (χ0n) is 15.8. The summed E-state index contributed by atoms with van der Waals surface area (Å²) in [5, 5.41) is 5.97. The fourth-order valence-electron chi connectivity index (χ4n) is 2.63. The molecule has 0 bridgehead atoms. The van der Waals surface area contributed by atoms with Crippen LogP contribution in [-0.2, 0) is 6.42 Å². The van der Waals surface area contributed by atoms with Crippen LogP contribution in [0, 0.1) is 0 Å². The number of carbonyl (C=O) groups excluding carboxylic acids is 1. The second-order valence-electron chi connectivity index (χ2n) is 5.97. The van der Waals surface area contributed by atoms with E-state index in [-0.39, 0.29) is 11.6 Å². The van der Waals surface area contributed by atoms with Crippen molar-refractivity contribution in [1.29, 1.82) is 0 Å². The van der Waals surface area contributed by atoms with Gasteiger partial charge < -0.3 is 20.1 Å². The zero-order chi connectivity index (χ0) is 19.8. The van der Waals surface area contributed by atoms with E-state index >= 15 is 0 Å². The van der Waals surface area contributed by atoms with Crippen LogP contribution in [0.25, 0.3) is 0 Å². The molecule has 0 unspecified atom stereocenters. The van der Waals surface area contributed by atoms with Crippen molar-refractivity contribution in [2.45, 2.75) is 6.42 Å². The van der Waals surface area contributed by atoms with E-state index in [0.717, 1.165) is 13.0 Å². The molecule has 3 aromatic rings. The molecule has 0 spiro atoms. The van der Waals surface area contributed by atoms with Crippen molar-refractivity contribution in [1.82, 2.24) is 9.97 Å². The van der Waals surface area contributed by atoms with Crippen molar-refractivity contribution >= 4 is 17.4 Å². The first-order valence-corrected chi connectivity index (χ1v) is 8.83. The summed E-state index contributed by atoms with van der Waals surface area (Å²) in [5.41, 5.74) is 2.05. The van der Waals surface area contributed by atoms with Gasteiger partial charge in [-0.25, -0.2) is 9.97 Å². The number of benzene rings is 2. The summed E-state index contributed by atoms with van der Waals surface area (Å²) in [4.78, 5) is 20.8. The number of aromatic nitrogens is 2. The molecule has 2 N–H and O–H groups in total. The lowest BCUT2D eigenvalue weighted by Crippen LogP contribution is -2.15. The highest BCUT2D eigenvalue weighted by Gasteiger charge is 2.11. The third-order valence-electron chi connectivity index (χ3n) is 4.09. The lowest BCUT2D eigenvalue weighted by molar-refractivity contribution is 0.102. The van der Waals surface area contributed by atoms with E-state index in [9.17, 15) is 4.79 Å². The molecule has 0 saturated carbocycles. The zero-order valence-corrected chi connectivity index (χ0v) is 15.8. The molecule has 0 saturated heterocycles. The number of hydrogen-bond acceptors (Lipinski definition) is 6. The van der Waals surface area contributed by atoms with Crippen LogP contribution < -0.4 is 20.1 Å². The molecule has 28 heavy (non-hydrogen) atoms. The van der Waals surface area contributed by atoms with Gasteiger partial charge in [0.05, 0.1) is 26.6 Å². The van der Waals surface area contributed by atoms with Crippen molar-refractivity contribution in [3.8, 4) is 11.5 Å². The van der Waals surface area contributed by atoms with Gasteiger partial charge in [0.15, 0.2) is 11.5 Å². The van der Waals surface area contributed by atoms with Gasteiger partial charge in [-0.05, 0) is 24.1 Å². The Hall–Kier alpha value is -3.61. The predicted molar refractivity (Wildman–Crippen MR) is 108 cm³/mol. The highest BCUT2D eigenvalue weighted by Crippen LogP contribution is 2.29. The maximum Gasteiger partial charge on any atom is 0.275 e. The summed E-state index contributed by atoms with van der Waals surface area (Å²) in [6, 6.07) is 15.3. The topological polar surface area (TPSA) is 85.4 Å². The monoisotopic (exact) mass is 378 g/mol. The SMILES string of the molecule is COc1ccc(NC(=O)c2cnc(NCCc3ccccc3)cn2)cc1OC. The molecule has 1 heterocycles. The van der Waals surface area contributed by atoms with Crippen LogP contribution in [0.2, 0.25) is 0 Å². The molecule has 7 nitrogen and oxygen atoms in total. The van der Waals surface area contributed by atoms with E-state index in [2.05, 4.69) is 32.7 Å². The lowest BCUT2D eigenvalue weighted by atomic mass is 10.1. The summed E-state index contributed by atoms with van der Waals surface area (Å²) >= 11 is 0. The van der Waals surface area contributed by atoms with E-state index in [1.165, 1.54) is 11.8 Å². The van der Waals surface area contributed by atoms with Crippen LogP contribution in [0.4, 0.5) is 11.5 Å². The third kappa shape index (κ3) is 4.97. The smallest absolute Gasteiger partial charge is 0.275 e. The highest BCUT2D eigenvalue weighted by atomic mass is 16.5. The number of rotatable bonds is 8. The molecule has 0 aliphatic carbocycles. The van der Waals surface area contributed by atoms with Crippen LogP contribution >= 0.6 is 0 Å². The number of nitrogens with one attached hydrogen (secondary N) is 2. The van der Waals surface area contributed by atoms with Crippen LogP contribution in [0.1, 0.15) is 16.1 Å². The van der Waals surface area contributed by atoms with E-state index in [1.807, 2.05) is 18.2 Å². The first-order chi connectivity index (χ1) is 13.7. The minimum atomic E-state index is -0.351. The van der Waals surface area contributed by atoms with Crippen LogP contribution in [-0.4, -0.2) is 36.6 Å². The van der Waals surface area contributed by atoms with Gasteiger partial charge in [-0.15, -0.1) is 0 Å². The number of amides is 1. The predicted octanol–water partition coefficient (Wildman–Crippen LogP) is 3.40. The summed E-state index contributed by atoms with van der Waals surface area (Å²) in [7, 11) is 3.10. The number of ether oxygens (including phenoxy) is 2. The molecule has 1 aromatic heterocycles. The molecule has 1 amide bonds. The molecular weight excluding hydrogens is 356 g/mol. The Morgan fingerprint density at radius 2 is 1.75 bits per heavy atom. The standard InChI is InChI=1S/C21H22N4O3/c1-27-18-9-8-16(12-19(18)28-2)25-21(26)17-13-24-20(14-23-17)22-11-10-15-6-4-3-5-7-15/h3-9,12-14H,10-11H2,1-2H3,(H,22,24)(H,25,26). The number of hydrogen-bond donors (Lipinski definition) is 2. The maximum absolute atomic E-state index is 12.4. The van der Waals surface area contributed by atoms with Gasteiger partial charge in [0.2, 0.25) is 0 Å². The average molecular weight is 378 g/mol. The van der Waals surface area contributed by atoms with Crippen LogP contribution in [0.5, 0.6) is 11.5 Å². The van der Waals surface area contributed by atoms with Crippen molar-refractivity contribution in [3.63, 3.8) is 0 Å². The normalized spacial score (nSPS) is 10.2. The molecule has 0 aliphatic heterocycles. The van der Waals surface area contributed by atoms with Gasteiger partial charge in [0, 0.05) is 18.3 Å². The Morgan fingerprint density at radius 1 is 0.964 bits per heavy atom. The highest BCUT2D eigenvalue weighted by molar-refractivity contribution is 6.02. The van der Waals surface area contributed by atoms with E-state index < -0.39 is 0 Å². The van der Waals surface area contributed by atoms with Crippen molar-refractivity contribution < 1.29 is 14.3 Å². The first-order valence-electron chi connectivity index (χ1n) is 8.83. The number of nitrogens with zero attached hydrogens (tertiary/aromatic N) is 2. The third-order valence-corrected chi connectivity index (χ3v) is 4.09. The molecule has 0 fully saturated rings. The van der Waals surface area contributed by atoms with Crippen molar-refractivity contribution in [2.24, 2.45) is 0 Å². The summed E-state index contributed by atoms with van der Waals surface area (Å²) in [6.07, 6.45) is 3.87. The molecule has 0 aliphatic rings. The van der Waals surface area contributed by atoms with E-state index in [4.69, 9.17) is 9.47 Å². The number of anilines is 2. The Bertz CT molecular complexity index is 915.